The molecule has 104 valence electrons. The molecule has 1 heterocycles. The molecule has 1 aromatic heterocycles. The summed E-state index contributed by atoms with van der Waals surface area (Å²) < 4.78 is 0. The van der Waals surface area contributed by atoms with Gasteiger partial charge < -0.3 is 5.73 Å². The average Bonchev–Trinajstić information content (AvgIpc) is 2.50. The molecule has 0 saturated heterocycles. The van der Waals surface area contributed by atoms with Gasteiger partial charge in [0.05, 0.1) is 5.52 Å². The Bertz CT molecular complexity index is 819. The summed E-state index contributed by atoms with van der Waals surface area (Å²) in [5.41, 5.74) is 9.96. The Morgan fingerprint density at radius 1 is 1.14 bits per heavy atom. The maximum atomic E-state index is 12.5. The van der Waals surface area contributed by atoms with Gasteiger partial charge in [-0.3, -0.25) is 9.78 Å². The lowest BCUT2D eigenvalue weighted by Gasteiger charge is -2.08. The van der Waals surface area contributed by atoms with Crippen LogP contribution < -0.4 is 5.73 Å². The summed E-state index contributed by atoms with van der Waals surface area (Å²) in [4.78, 5) is 16.8. The van der Waals surface area contributed by atoms with Crippen LogP contribution in [0.25, 0.3) is 10.9 Å². The molecule has 0 fully saturated rings. The van der Waals surface area contributed by atoms with Gasteiger partial charge in [0.25, 0.3) is 0 Å². The number of fused-ring (bicyclic) bond motifs is 1. The first kappa shape index (κ1) is 13.3. The first-order valence-electron chi connectivity index (χ1n) is 6.87. The van der Waals surface area contributed by atoms with Crippen LogP contribution in [0.1, 0.15) is 21.5 Å². The van der Waals surface area contributed by atoms with Crippen LogP contribution in [0.2, 0.25) is 0 Å². The van der Waals surface area contributed by atoms with E-state index in [9.17, 15) is 4.79 Å². The number of anilines is 1. The van der Waals surface area contributed by atoms with Crippen LogP contribution in [0.15, 0.2) is 54.7 Å². The highest BCUT2D eigenvalue weighted by atomic mass is 16.1. The normalized spacial score (nSPS) is 10.7. The van der Waals surface area contributed by atoms with Gasteiger partial charge in [-0.25, -0.2) is 0 Å². The minimum absolute atomic E-state index is 0.0348. The molecule has 0 spiro atoms. The monoisotopic (exact) mass is 276 g/mol. The van der Waals surface area contributed by atoms with E-state index in [0.29, 0.717) is 17.7 Å². The number of nitrogen functional groups attached to an aromatic ring is 1. The summed E-state index contributed by atoms with van der Waals surface area (Å²) in [5, 5.41) is 1.01. The van der Waals surface area contributed by atoms with Crippen LogP contribution in [0.3, 0.4) is 0 Å². The number of benzene rings is 2. The molecule has 0 atom stereocenters. The molecule has 3 aromatic rings. The van der Waals surface area contributed by atoms with E-state index in [0.717, 1.165) is 22.0 Å². The standard InChI is InChI=1S/C18H16N2O/c1-12-6-7-16(19)15(10-12)18(21)11-13-8-9-20-17-5-3-2-4-14(13)17/h2-10H,11,19H2,1H3. The lowest BCUT2D eigenvalue weighted by molar-refractivity contribution is 0.0994. The van der Waals surface area contributed by atoms with E-state index in [1.54, 1.807) is 12.3 Å². The fourth-order valence-corrected chi connectivity index (χ4v) is 2.49. The van der Waals surface area contributed by atoms with Crippen molar-refractivity contribution in [1.29, 1.82) is 0 Å². The zero-order valence-electron chi connectivity index (χ0n) is 11.8. The molecule has 3 heteroatoms. The fourth-order valence-electron chi connectivity index (χ4n) is 2.49. The smallest absolute Gasteiger partial charge is 0.169 e. The zero-order chi connectivity index (χ0) is 14.8. The minimum Gasteiger partial charge on any atom is -0.398 e. The number of aromatic nitrogens is 1. The molecule has 0 bridgehead atoms. The van der Waals surface area contributed by atoms with Crippen LogP contribution in [-0.2, 0) is 6.42 Å². The third-order valence-electron chi connectivity index (χ3n) is 3.60. The molecule has 0 aliphatic rings. The molecule has 0 unspecified atom stereocenters. The molecule has 2 aromatic carbocycles. The van der Waals surface area contributed by atoms with Crippen LogP contribution in [0, 0.1) is 6.92 Å². The van der Waals surface area contributed by atoms with E-state index in [1.807, 2.05) is 49.4 Å². The van der Waals surface area contributed by atoms with Crippen LogP contribution in [-0.4, -0.2) is 10.8 Å². The van der Waals surface area contributed by atoms with E-state index in [1.165, 1.54) is 0 Å². The van der Waals surface area contributed by atoms with E-state index in [-0.39, 0.29) is 5.78 Å². The number of Topliss-reactive ketones (excluding diaryl/α,β-unsaturated/α-hetero) is 1. The molecular weight excluding hydrogens is 260 g/mol. The highest BCUT2D eigenvalue weighted by molar-refractivity contribution is 6.03. The summed E-state index contributed by atoms with van der Waals surface area (Å²) in [6, 6.07) is 15.3. The second-order valence-electron chi connectivity index (χ2n) is 5.18. The molecule has 0 aliphatic carbocycles. The third kappa shape index (κ3) is 2.63. The van der Waals surface area contributed by atoms with Gasteiger partial charge in [0.1, 0.15) is 0 Å². The van der Waals surface area contributed by atoms with Crippen molar-refractivity contribution in [3.05, 3.63) is 71.4 Å². The second kappa shape index (κ2) is 5.37. The van der Waals surface area contributed by atoms with E-state index < -0.39 is 0 Å². The van der Waals surface area contributed by atoms with Crippen molar-refractivity contribution < 1.29 is 4.79 Å². The second-order valence-corrected chi connectivity index (χ2v) is 5.18. The van der Waals surface area contributed by atoms with Crippen molar-refractivity contribution in [1.82, 2.24) is 4.98 Å². The Morgan fingerprint density at radius 3 is 2.81 bits per heavy atom. The maximum Gasteiger partial charge on any atom is 0.169 e. The summed E-state index contributed by atoms with van der Waals surface area (Å²) in [7, 11) is 0. The highest BCUT2D eigenvalue weighted by Crippen LogP contribution is 2.21. The predicted molar refractivity (Wildman–Crippen MR) is 85.4 cm³/mol. The molecule has 0 radical (unpaired) electrons. The number of carbonyl (C=O) groups excluding carboxylic acids is 1. The molecule has 3 rings (SSSR count). The van der Waals surface area contributed by atoms with E-state index in [2.05, 4.69) is 4.98 Å². The largest absolute Gasteiger partial charge is 0.398 e. The fraction of sp³-hybridized carbons (Fsp3) is 0.111. The molecular formula is C18H16N2O. The Balaban J connectivity index is 1.99. The van der Waals surface area contributed by atoms with Gasteiger partial charge in [0, 0.05) is 29.3 Å². The number of ketones is 1. The lowest BCUT2D eigenvalue weighted by Crippen LogP contribution is -2.08. The number of nitrogens with zero attached hydrogens (tertiary/aromatic N) is 1. The average molecular weight is 276 g/mol. The number of pyridine rings is 1. The van der Waals surface area contributed by atoms with Gasteiger partial charge in [-0.15, -0.1) is 0 Å². The summed E-state index contributed by atoms with van der Waals surface area (Å²) in [6.07, 6.45) is 2.07. The van der Waals surface area contributed by atoms with Gasteiger partial charge >= 0.3 is 0 Å². The van der Waals surface area contributed by atoms with Crippen molar-refractivity contribution in [2.45, 2.75) is 13.3 Å². The van der Waals surface area contributed by atoms with E-state index >= 15 is 0 Å². The topological polar surface area (TPSA) is 56.0 Å². The maximum absolute atomic E-state index is 12.5. The van der Waals surface area contributed by atoms with Crippen molar-refractivity contribution in [2.75, 3.05) is 5.73 Å². The summed E-state index contributed by atoms with van der Waals surface area (Å²) in [5.74, 6) is 0.0348. The molecule has 0 saturated carbocycles. The Labute approximate surface area is 123 Å². The van der Waals surface area contributed by atoms with Crippen LogP contribution >= 0.6 is 0 Å². The van der Waals surface area contributed by atoms with Gasteiger partial charge in [-0.05, 0) is 36.8 Å². The van der Waals surface area contributed by atoms with Gasteiger partial charge in [0.15, 0.2) is 5.78 Å². The van der Waals surface area contributed by atoms with Gasteiger partial charge in [-0.1, -0.05) is 29.8 Å². The molecule has 0 amide bonds. The summed E-state index contributed by atoms with van der Waals surface area (Å²) in [6.45, 7) is 1.96. The predicted octanol–water partition coefficient (Wildman–Crippen LogP) is 3.55. The number of para-hydroxylation sites is 1. The Kier molecular flexibility index (Phi) is 3.40. The summed E-state index contributed by atoms with van der Waals surface area (Å²) >= 11 is 0. The first-order chi connectivity index (χ1) is 10.1. The van der Waals surface area contributed by atoms with Crippen molar-refractivity contribution >= 4 is 22.4 Å². The molecule has 3 nitrogen and oxygen atoms in total. The Morgan fingerprint density at radius 2 is 1.95 bits per heavy atom. The lowest BCUT2D eigenvalue weighted by atomic mass is 9.98. The van der Waals surface area contributed by atoms with Crippen molar-refractivity contribution in [2.24, 2.45) is 0 Å². The first-order valence-corrected chi connectivity index (χ1v) is 6.87. The number of carbonyl (C=O) groups is 1. The minimum atomic E-state index is 0.0348. The van der Waals surface area contributed by atoms with E-state index in [4.69, 9.17) is 5.73 Å². The highest BCUT2D eigenvalue weighted by Gasteiger charge is 2.12. The Hall–Kier alpha value is -2.68. The van der Waals surface area contributed by atoms with Crippen molar-refractivity contribution in [3.8, 4) is 0 Å². The quantitative estimate of drug-likeness (QED) is 0.588. The number of rotatable bonds is 3. The number of hydrogen-bond acceptors (Lipinski definition) is 3. The molecule has 2 N–H and O–H groups in total. The number of hydrogen-bond donors (Lipinski definition) is 1. The van der Waals surface area contributed by atoms with Gasteiger partial charge in [0.2, 0.25) is 0 Å². The van der Waals surface area contributed by atoms with Crippen molar-refractivity contribution in [3.63, 3.8) is 0 Å². The molecule has 21 heavy (non-hydrogen) atoms. The zero-order valence-corrected chi connectivity index (χ0v) is 11.8. The van der Waals surface area contributed by atoms with Crippen LogP contribution in [0.5, 0.6) is 0 Å². The van der Waals surface area contributed by atoms with Gasteiger partial charge in [-0.2, -0.15) is 0 Å². The third-order valence-corrected chi connectivity index (χ3v) is 3.60. The number of nitrogens with two attached hydrogens (primary N) is 1. The SMILES string of the molecule is Cc1ccc(N)c(C(=O)Cc2ccnc3ccccc23)c1. The molecule has 0 aliphatic heterocycles. The van der Waals surface area contributed by atoms with Crippen LogP contribution in [0.4, 0.5) is 5.69 Å². The number of aryl methyl sites for hydroxylation is 1.